The maximum atomic E-state index is 6.43. The quantitative estimate of drug-likeness (QED) is 0.550. The fourth-order valence-electron chi connectivity index (χ4n) is 4.50. The zero-order chi connectivity index (χ0) is 18.1. The van der Waals surface area contributed by atoms with Crippen LogP contribution in [0.4, 0.5) is 5.69 Å². The summed E-state index contributed by atoms with van der Waals surface area (Å²) in [5.74, 6) is 0. The lowest BCUT2D eigenvalue weighted by Gasteiger charge is -2.49. The van der Waals surface area contributed by atoms with Gasteiger partial charge in [-0.1, -0.05) is 47.8 Å². The summed E-state index contributed by atoms with van der Waals surface area (Å²) in [7, 11) is 0. The Bertz CT molecular complexity index is 768. The predicted molar refractivity (Wildman–Crippen MR) is 114 cm³/mol. The highest BCUT2D eigenvalue weighted by molar-refractivity contribution is 9.10. The van der Waals surface area contributed by atoms with Crippen LogP contribution in [0.15, 0.2) is 46.9 Å². The number of nitrogens with one attached hydrogen (secondary N) is 1. The first-order valence-electron chi connectivity index (χ1n) is 9.31. The molecule has 2 atom stereocenters. The van der Waals surface area contributed by atoms with Crippen LogP contribution in [-0.4, -0.2) is 23.0 Å². The van der Waals surface area contributed by atoms with E-state index in [9.17, 15) is 0 Å². The zero-order valence-electron chi connectivity index (χ0n) is 14.6. The van der Waals surface area contributed by atoms with Gasteiger partial charge in [-0.25, -0.2) is 0 Å². The number of nitrogens with zero attached hydrogens (tertiary/aromatic N) is 1. The van der Waals surface area contributed by atoms with Gasteiger partial charge in [0.25, 0.3) is 0 Å². The number of hydrogen-bond acceptors (Lipinski definition) is 2. The number of piperidine rings is 2. The van der Waals surface area contributed by atoms with Crippen LogP contribution in [0.25, 0.3) is 0 Å². The van der Waals surface area contributed by atoms with Gasteiger partial charge in [0.2, 0.25) is 0 Å². The van der Waals surface area contributed by atoms with Crippen molar-refractivity contribution in [2.45, 2.75) is 56.8 Å². The van der Waals surface area contributed by atoms with Crippen molar-refractivity contribution in [2.24, 2.45) is 0 Å². The molecule has 2 saturated heterocycles. The van der Waals surface area contributed by atoms with E-state index in [-0.39, 0.29) is 0 Å². The maximum absolute atomic E-state index is 6.43. The fourth-order valence-corrected chi connectivity index (χ4v) is 5.37. The van der Waals surface area contributed by atoms with Gasteiger partial charge in [0.15, 0.2) is 0 Å². The van der Waals surface area contributed by atoms with Crippen LogP contribution in [0.1, 0.15) is 37.7 Å². The Hall–Kier alpha value is -0.740. The van der Waals surface area contributed by atoms with Gasteiger partial charge in [-0.2, -0.15) is 0 Å². The Balaban J connectivity index is 1.47. The first-order chi connectivity index (χ1) is 12.6. The Morgan fingerprint density at radius 2 is 1.77 bits per heavy atom. The van der Waals surface area contributed by atoms with Gasteiger partial charge in [0.1, 0.15) is 0 Å². The molecule has 2 bridgehead atoms. The van der Waals surface area contributed by atoms with Crippen LogP contribution in [0.3, 0.4) is 0 Å². The molecule has 2 heterocycles. The fraction of sp³-hybridized carbons (Fsp3) is 0.429. The molecule has 2 aliphatic heterocycles. The van der Waals surface area contributed by atoms with Crippen LogP contribution in [-0.2, 0) is 6.54 Å². The molecule has 0 spiro atoms. The standard InChI is InChI=1S/C21H23BrCl2N2/c22-19-6-1-2-7-21(19)25-16-11-17-4-3-5-18(12-16)26(17)13-14-8-9-15(23)10-20(14)24/h1-2,6-10,16-18,25H,3-5,11-13H2. The molecular weight excluding hydrogens is 431 g/mol. The number of rotatable bonds is 4. The minimum atomic E-state index is 0.529. The van der Waals surface area contributed by atoms with E-state index < -0.39 is 0 Å². The summed E-state index contributed by atoms with van der Waals surface area (Å²) >= 11 is 16.1. The van der Waals surface area contributed by atoms with Crippen molar-refractivity contribution in [2.75, 3.05) is 5.32 Å². The van der Waals surface area contributed by atoms with E-state index in [0.717, 1.165) is 16.0 Å². The highest BCUT2D eigenvalue weighted by Crippen LogP contribution is 2.38. The van der Waals surface area contributed by atoms with Gasteiger partial charge in [-0.3, -0.25) is 4.90 Å². The van der Waals surface area contributed by atoms with Gasteiger partial charge < -0.3 is 5.32 Å². The second-order valence-electron chi connectivity index (χ2n) is 7.44. The smallest absolute Gasteiger partial charge is 0.0486 e. The summed E-state index contributed by atoms with van der Waals surface area (Å²) in [5, 5.41) is 5.25. The van der Waals surface area contributed by atoms with Gasteiger partial charge >= 0.3 is 0 Å². The summed E-state index contributed by atoms with van der Waals surface area (Å²) < 4.78 is 1.14. The lowest BCUT2D eigenvalue weighted by molar-refractivity contribution is 0.0278. The predicted octanol–water partition coefficient (Wildman–Crippen LogP) is 6.75. The van der Waals surface area contributed by atoms with Crippen molar-refractivity contribution in [1.82, 2.24) is 4.90 Å². The number of benzene rings is 2. The summed E-state index contributed by atoms with van der Waals surface area (Å²) in [5.41, 5.74) is 2.38. The normalized spacial score (nSPS) is 25.9. The third-order valence-electron chi connectivity index (χ3n) is 5.73. The Morgan fingerprint density at radius 3 is 2.46 bits per heavy atom. The molecule has 4 rings (SSSR count). The molecule has 2 aromatic carbocycles. The topological polar surface area (TPSA) is 15.3 Å². The monoisotopic (exact) mass is 452 g/mol. The van der Waals surface area contributed by atoms with Crippen molar-refractivity contribution >= 4 is 44.8 Å². The van der Waals surface area contributed by atoms with Crippen molar-refractivity contribution in [3.05, 3.63) is 62.5 Å². The van der Waals surface area contributed by atoms with E-state index in [2.05, 4.69) is 56.5 Å². The van der Waals surface area contributed by atoms with Crippen LogP contribution in [0.2, 0.25) is 10.0 Å². The Labute approximate surface area is 174 Å². The molecule has 2 unspecified atom stereocenters. The van der Waals surface area contributed by atoms with Crippen LogP contribution < -0.4 is 5.32 Å². The molecule has 138 valence electrons. The maximum Gasteiger partial charge on any atom is 0.0486 e. The third-order valence-corrected chi connectivity index (χ3v) is 7.01. The van der Waals surface area contributed by atoms with Crippen molar-refractivity contribution < 1.29 is 0 Å². The Kier molecular flexibility index (Phi) is 5.80. The summed E-state index contributed by atoms with van der Waals surface area (Å²) in [6, 6.07) is 16.0. The molecule has 0 aromatic heterocycles. The molecule has 0 radical (unpaired) electrons. The van der Waals surface area contributed by atoms with Gasteiger partial charge in [0.05, 0.1) is 0 Å². The van der Waals surface area contributed by atoms with Crippen molar-refractivity contribution in [3.8, 4) is 0 Å². The summed E-state index contributed by atoms with van der Waals surface area (Å²) in [4.78, 5) is 2.68. The van der Waals surface area contributed by atoms with E-state index >= 15 is 0 Å². The average molecular weight is 454 g/mol. The highest BCUT2D eigenvalue weighted by atomic mass is 79.9. The molecule has 2 aliphatic rings. The van der Waals surface area contributed by atoms with E-state index in [4.69, 9.17) is 23.2 Å². The number of para-hydroxylation sites is 1. The molecule has 26 heavy (non-hydrogen) atoms. The van der Waals surface area contributed by atoms with Crippen molar-refractivity contribution in [3.63, 3.8) is 0 Å². The van der Waals surface area contributed by atoms with E-state index in [1.54, 1.807) is 0 Å². The molecule has 2 nitrogen and oxygen atoms in total. The number of anilines is 1. The summed E-state index contributed by atoms with van der Waals surface area (Å²) in [6.45, 7) is 0.924. The Morgan fingerprint density at radius 1 is 1.04 bits per heavy atom. The first-order valence-corrected chi connectivity index (χ1v) is 10.9. The van der Waals surface area contributed by atoms with Crippen LogP contribution in [0, 0.1) is 0 Å². The third kappa shape index (κ3) is 4.06. The van der Waals surface area contributed by atoms with Crippen LogP contribution in [0.5, 0.6) is 0 Å². The van der Waals surface area contributed by atoms with Gasteiger partial charge in [-0.15, -0.1) is 0 Å². The van der Waals surface area contributed by atoms with E-state index in [0.29, 0.717) is 23.1 Å². The molecule has 2 fully saturated rings. The van der Waals surface area contributed by atoms with Gasteiger partial charge in [0, 0.05) is 44.9 Å². The average Bonchev–Trinajstić information content (AvgIpc) is 2.60. The minimum Gasteiger partial charge on any atom is -0.381 e. The molecule has 5 heteroatoms. The molecule has 0 amide bonds. The molecule has 2 aromatic rings. The molecule has 0 aliphatic carbocycles. The lowest BCUT2D eigenvalue weighted by atomic mass is 9.81. The zero-order valence-corrected chi connectivity index (χ0v) is 17.7. The molecule has 0 saturated carbocycles. The number of fused-ring (bicyclic) bond motifs is 2. The molecule has 1 N–H and O–H groups in total. The highest BCUT2D eigenvalue weighted by Gasteiger charge is 2.38. The SMILES string of the molecule is Clc1ccc(CN2C3CCCC2CC(Nc2ccccc2Br)C3)c(Cl)c1. The largest absolute Gasteiger partial charge is 0.381 e. The second-order valence-corrected chi connectivity index (χ2v) is 9.14. The van der Waals surface area contributed by atoms with E-state index in [1.165, 1.54) is 43.4 Å². The second kappa shape index (κ2) is 8.10. The lowest BCUT2D eigenvalue weighted by Crippen LogP contribution is -2.54. The first kappa shape index (κ1) is 18.6. The minimum absolute atomic E-state index is 0.529. The number of hydrogen-bond donors (Lipinski definition) is 1. The van der Waals surface area contributed by atoms with E-state index in [1.807, 2.05) is 12.1 Å². The van der Waals surface area contributed by atoms with Gasteiger partial charge in [-0.05, 0) is 71.4 Å². The summed E-state index contributed by atoms with van der Waals surface area (Å²) in [6.07, 6.45) is 6.25. The number of halogens is 3. The van der Waals surface area contributed by atoms with Crippen LogP contribution >= 0.6 is 39.1 Å². The molecular formula is C21H23BrCl2N2. The van der Waals surface area contributed by atoms with Crippen molar-refractivity contribution in [1.29, 1.82) is 0 Å².